The summed E-state index contributed by atoms with van der Waals surface area (Å²) in [7, 11) is 0. The van der Waals surface area contributed by atoms with E-state index in [1.807, 2.05) is 53.2 Å². The second-order valence-electron chi connectivity index (χ2n) is 19.7. The van der Waals surface area contributed by atoms with Crippen LogP contribution < -0.4 is 9.30 Å². The van der Waals surface area contributed by atoms with Crippen molar-refractivity contribution in [1.82, 2.24) is 14.1 Å². The Labute approximate surface area is 439 Å². The molecule has 1 aliphatic rings. The Kier molecular flexibility index (Phi) is 8.45. The minimum atomic E-state index is -0.605. The first kappa shape index (κ1) is 34.9. The zero-order valence-electron chi connectivity index (χ0n) is 49.6. The number of aromatic nitrogens is 4. The van der Waals surface area contributed by atoms with Crippen LogP contribution in [0, 0.1) is 18.5 Å². The largest absolute Gasteiger partial charge is 0.509 e. The molecule has 0 saturated carbocycles. The van der Waals surface area contributed by atoms with Gasteiger partial charge < -0.3 is 13.9 Å². The molecular formula is C64H52N4OPt-2. The summed E-state index contributed by atoms with van der Waals surface area (Å²) in [6.45, 7) is 15.3. The van der Waals surface area contributed by atoms with E-state index >= 15 is 0 Å². The molecular weight excluding hydrogens is 1040 g/mol. The van der Waals surface area contributed by atoms with Crippen molar-refractivity contribution in [2.24, 2.45) is 0 Å². The summed E-state index contributed by atoms with van der Waals surface area (Å²) in [4.78, 5) is 4.90. The van der Waals surface area contributed by atoms with E-state index in [0.717, 1.165) is 55.4 Å². The molecule has 0 amide bonds. The van der Waals surface area contributed by atoms with Gasteiger partial charge in [0.1, 0.15) is 5.82 Å². The van der Waals surface area contributed by atoms with Crippen LogP contribution in [0.5, 0.6) is 11.5 Å². The van der Waals surface area contributed by atoms with Crippen LogP contribution in [0.4, 0.5) is 0 Å². The molecule has 11 aromatic rings. The van der Waals surface area contributed by atoms with E-state index in [4.69, 9.17) is 17.9 Å². The van der Waals surface area contributed by atoms with Crippen molar-refractivity contribution in [3.63, 3.8) is 0 Å². The first-order valence-electron chi connectivity index (χ1n) is 28.1. The Hall–Kier alpha value is -7.33. The number of para-hydroxylation sites is 4. The van der Waals surface area contributed by atoms with Gasteiger partial charge in [-0.25, -0.2) is 4.98 Å². The van der Waals surface area contributed by atoms with Crippen molar-refractivity contribution >= 4 is 32.8 Å². The summed E-state index contributed by atoms with van der Waals surface area (Å²) in [5, 5.41) is 2.02. The Morgan fingerprint density at radius 3 is 1.94 bits per heavy atom. The van der Waals surface area contributed by atoms with E-state index in [-0.39, 0.29) is 54.4 Å². The fourth-order valence-electron chi connectivity index (χ4n) is 10.4. The zero-order chi connectivity index (χ0) is 55.9. The fourth-order valence-corrected chi connectivity index (χ4v) is 10.4. The molecule has 0 spiro atoms. The van der Waals surface area contributed by atoms with Gasteiger partial charge in [0.05, 0.1) is 30.4 Å². The molecule has 0 aliphatic heterocycles. The Morgan fingerprint density at radius 2 is 1.26 bits per heavy atom. The van der Waals surface area contributed by atoms with Gasteiger partial charge in [0.2, 0.25) is 0 Å². The Bertz CT molecular complexity index is 4280. The van der Waals surface area contributed by atoms with E-state index in [2.05, 4.69) is 132 Å². The maximum Gasteiger partial charge on any atom is 0.268 e. The molecule has 0 N–H and O–H groups in total. The molecule has 12 rings (SSSR count). The number of pyridine rings is 1. The summed E-state index contributed by atoms with van der Waals surface area (Å²) < 4.78 is 101. The van der Waals surface area contributed by atoms with Crippen molar-refractivity contribution in [1.29, 1.82) is 0 Å². The third kappa shape index (κ3) is 7.24. The van der Waals surface area contributed by atoms with E-state index < -0.39 is 71.3 Å². The van der Waals surface area contributed by atoms with Crippen molar-refractivity contribution in [3.8, 4) is 50.9 Å². The summed E-state index contributed by atoms with van der Waals surface area (Å²) in [5.74, 6) is 1.64. The van der Waals surface area contributed by atoms with Gasteiger partial charge in [0.25, 0.3) is 6.33 Å². The van der Waals surface area contributed by atoms with Gasteiger partial charge in [0.15, 0.2) is 0 Å². The zero-order valence-corrected chi connectivity index (χ0v) is 41.9. The van der Waals surface area contributed by atoms with Gasteiger partial charge in [-0.15, -0.1) is 34.7 Å². The third-order valence-corrected chi connectivity index (χ3v) is 13.8. The predicted octanol–water partition coefficient (Wildman–Crippen LogP) is 15.2. The number of nitrogens with zero attached hydrogens (tertiary/aromatic N) is 4. The molecule has 3 aromatic heterocycles. The molecule has 3 heterocycles. The molecule has 5 nitrogen and oxygen atoms in total. The van der Waals surface area contributed by atoms with Crippen LogP contribution in [-0.4, -0.2) is 14.1 Å². The number of benzene rings is 8. The molecule has 0 bridgehead atoms. The average Bonchev–Trinajstić information content (AvgIpc) is 3.90. The van der Waals surface area contributed by atoms with Gasteiger partial charge >= 0.3 is 0 Å². The van der Waals surface area contributed by atoms with Crippen LogP contribution in [-0.2, 0) is 37.3 Å². The normalized spacial score (nSPS) is 15.8. The van der Waals surface area contributed by atoms with Crippen LogP contribution in [0.2, 0.25) is 0 Å². The van der Waals surface area contributed by atoms with Crippen LogP contribution in [0.1, 0.15) is 90.0 Å². The molecule has 8 aromatic carbocycles. The predicted molar refractivity (Wildman–Crippen MR) is 280 cm³/mol. The van der Waals surface area contributed by atoms with Crippen LogP contribution in [0.25, 0.3) is 72.3 Å². The van der Waals surface area contributed by atoms with Crippen molar-refractivity contribution in [2.75, 3.05) is 0 Å². The van der Waals surface area contributed by atoms with Crippen molar-refractivity contribution in [3.05, 3.63) is 234 Å². The second kappa shape index (κ2) is 17.0. The fraction of sp³-hybridized carbons (Fsp3) is 0.156. The molecule has 0 saturated heterocycles. The minimum Gasteiger partial charge on any atom is -0.509 e. The van der Waals surface area contributed by atoms with Crippen LogP contribution in [0.3, 0.4) is 0 Å². The summed E-state index contributed by atoms with van der Waals surface area (Å²) in [6, 6.07) is 41.4. The quantitative estimate of drug-likeness (QED) is 0.118. The van der Waals surface area contributed by atoms with Gasteiger partial charge in [-0.3, -0.25) is 4.57 Å². The number of rotatable bonds is 7. The van der Waals surface area contributed by atoms with Crippen molar-refractivity contribution in [2.45, 2.75) is 64.7 Å². The number of hydrogen-bond acceptors (Lipinski definition) is 2. The van der Waals surface area contributed by atoms with E-state index in [1.54, 1.807) is 22.8 Å². The molecule has 346 valence electrons. The Balaban J connectivity index is 0.00000675. The summed E-state index contributed by atoms with van der Waals surface area (Å²) >= 11 is 0. The number of fused-ring (bicyclic) bond motifs is 6. The molecule has 0 radical (unpaired) electrons. The molecule has 0 atom stereocenters. The standard InChI is InChI=1S/C64H52N4O.Pt/c1-62(2,3)44-35-36-65-59(37-44)68-54-30-17-14-25-49(54)50-34-33-46(40-57(50)68)69-58-39-45(38-53-60(58)64(6,7)52-29-16-15-28-51(52)63(53,4)5)66-41-67(56-32-19-18-31-55(56)66)61-47(42-21-10-8-11-22-42)26-20-27-48(61)43-23-12-9-13-24-43;/h8-38H,1-7H3;/q-2;/i8D,9D,10D,11D,12D,13D,21D,22D,23D,24D;. The smallest absolute Gasteiger partial charge is 0.268 e. The maximum atomic E-state index is 9.19. The molecule has 6 heteroatoms. The van der Waals surface area contributed by atoms with E-state index in [9.17, 15) is 5.48 Å². The summed E-state index contributed by atoms with van der Waals surface area (Å²) in [5.41, 5.74) is 7.59. The molecule has 1 aliphatic carbocycles. The molecule has 0 fully saturated rings. The first-order valence-corrected chi connectivity index (χ1v) is 23.1. The van der Waals surface area contributed by atoms with Gasteiger partial charge in [0, 0.05) is 44.3 Å². The van der Waals surface area contributed by atoms with Gasteiger partial charge in [-0.05, 0) is 84.5 Å². The monoisotopic (exact) mass is 1100 g/mol. The van der Waals surface area contributed by atoms with E-state index in [1.165, 1.54) is 0 Å². The topological polar surface area (TPSA) is 35.9 Å². The first-order chi connectivity index (χ1) is 37.5. The minimum absolute atomic E-state index is 0. The van der Waals surface area contributed by atoms with Crippen LogP contribution >= 0.6 is 0 Å². The summed E-state index contributed by atoms with van der Waals surface area (Å²) in [6.07, 6.45) is 5.42. The number of ether oxygens (including phenoxy) is 1. The average molecular weight is 1100 g/mol. The second-order valence-corrected chi connectivity index (χ2v) is 19.7. The maximum absolute atomic E-state index is 9.19. The molecule has 0 unspecified atom stereocenters. The van der Waals surface area contributed by atoms with E-state index in [0.29, 0.717) is 28.2 Å². The number of imidazole rings is 1. The number of hydrogen-bond donors (Lipinski definition) is 0. The van der Waals surface area contributed by atoms with Crippen molar-refractivity contribution < 1.29 is 44.1 Å². The van der Waals surface area contributed by atoms with Crippen LogP contribution in [0.15, 0.2) is 188 Å². The third-order valence-electron chi connectivity index (χ3n) is 13.8. The SMILES string of the molecule is [2H]c1c([2H])c([2H])c(-c2cccc(-c3c([2H])c([2H])c([2H])c([2H])c3[2H])c2-[n+]2[c-]n(-c3[c-]c(Oc4[c-]c5c(cc4)c4ccccc4n5-c4cc(C(C)(C)C)ccn4)c4c(c3)C(C)(C)c3ccccc3C4(C)C)c3ccccc32)c([2H])c1[2H].[Pt]. The van der Waals surface area contributed by atoms with Gasteiger partial charge in [-0.2, -0.15) is 12.1 Å². The molecule has 70 heavy (non-hydrogen) atoms. The van der Waals surface area contributed by atoms with Gasteiger partial charge in [-0.1, -0.05) is 199 Å². The Morgan fingerprint density at radius 1 is 0.629 bits per heavy atom.